The lowest BCUT2D eigenvalue weighted by Gasteiger charge is -2.18. The zero-order valence-electron chi connectivity index (χ0n) is 18.2. The van der Waals surface area contributed by atoms with Gasteiger partial charge in [-0.15, -0.1) is 0 Å². The second-order valence-electron chi connectivity index (χ2n) is 7.98. The van der Waals surface area contributed by atoms with Gasteiger partial charge >= 0.3 is 0 Å². The molecular weight excluding hydrogens is 408 g/mol. The number of benzene rings is 1. The fourth-order valence-electron chi connectivity index (χ4n) is 3.80. The van der Waals surface area contributed by atoms with Crippen molar-refractivity contribution in [1.29, 1.82) is 0 Å². The van der Waals surface area contributed by atoms with Crippen molar-refractivity contribution < 1.29 is 14.3 Å². The largest absolute Gasteiger partial charge is 0.494 e. The van der Waals surface area contributed by atoms with Crippen LogP contribution in [0, 0.1) is 0 Å². The number of anilines is 2. The van der Waals surface area contributed by atoms with Gasteiger partial charge < -0.3 is 20.3 Å². The van der Waals surface area contributed by atoms with Crippen LogP contribution in [-0.2, 0) is 9.59 Å². The predicted octanol–water partition coefficient (Wildman–Crippen LogP) is 3.13. The minimum absolute atomic E-state index is 0.155. The summed E-state index contributed by atoms with van der Waals surface area (Å²) in [6.07, 6.45) is 7.04. The number of nitrogens with one attached hydrogen (secondary N) is 2. The Morgan fingerprint density at radius 2 is 1.97 bits per heavy atom. The average molecular weight is 437 g/mol. The molecule has 32 heavy (non-hydrogen) atoms. The third-order valence-corrected chi connectivity index (χ3v) is 5.60. The third kappa shape index (κ3) is 5.22. The molecule has 3 heterocycles. The lowest BCUT2D eigenvalue weighted by atomic mass is 10.0. The van der Waals surface area contributed by atoms with Gasteiger partial charge in [0.2, 0.25) is 11.8 Å². The van der Waals surface area contributed by atoms with E-state index in [9.17, 15) is 9.59 Å². The van der Waals surface area contributed by atoms with Crippen LogP contribution in [-0.4, -0.2) is 59.6 Å². The number of nitrogens with zero attached hydrogens (tertiary/aromatic N) is 4. The van der Waals surface area contributed by atoms with E-state index in [4.69, 9.17) is 4.74 Å². The van der Waals surface area contributed by atoms with E-state index in [2.05, 4.69) is 25.6 Å². The molecule has 2 N–H and O–H groups in total. The third-order valence-electron chi connectivity index (χ3n) is 5.60. The molecule has 1 aromatic heterocycles. The van der Waals surface area contributed by atoms with Crippen LogP contribution in [0.2, 0.25) is 0 Å². The summed E-state index contributed by atoms with van der Waals surface area (Å²) in [6, 6.07) is 7.48. The Hall–Kier alpha value is -3.49. The molecule has 0 radical (unpaired) electrons. The Morgan fingerprint density at radius 3 is 2.88 bits per heavy atom. The van der Waals surface area contributed by atoms with E-state index in [1.807, 2.05) is 31.3 Å². The predicted molar refractivity (Wildman–Crippen MR) is 123 cm³/mol. The monoisotopic (exact) mass is 436 g/mol. The summed E-state index contributed by atoms with van der Waals surface area (Å²) < 4.78 is 5.84. The van der Waals surface area contributed by atoms with Crippen molar-refractivity contribution in [2.24, 2.45) is 4.99 Å². The van der Waals surface area contributed by atoms with Gasteiger partial charge in [-0.2, -0.15) is 0 Å². The zero-order valence-corrected chi connectivity index (χ0v) is 18.2. The Kier molecular flexibility index (Phi) is 6.94. The second kappa shape index (κ2) is 10.2. The van der Waals surface area contributed by atoms with E-state index < -0.39 is 5.92 Å². The summed E-state index contributed by atoms with van der Waals surface area (Å²) in [5, 5.41) is 6.10. The maximum absolute atomic E-state index is 12.6. The van der Waals surface area contributed by atoms with Crippen molar-refractivity contribution in [2.45, 2.75) is 38.0 Å². The highest BCUT2D eigenvalue weighted by Crippen LogP contribution is 2.34. The Balaban J connectivity index is 1.57. The number of rotatable bonds is 0. The van der Waals surface area contributed by atoms with Gasteiger partial charge in [-0.05, 0) is 37.8 Å². The topological polar surface area (TPSA) is 109 Å². The number of carbonyl (C=O) groups excluding carboxylic acids is 2. The first-order valence-electron chi connectivity index (χ1n) is 11.0. The fourth-order valence-corrected chi connectivity index (χ4v) is 3.80. The molecule has 0 saturated heterocycles. The summed E-state index contributed by atoms with van der Waals surface area (Å²) in [6.45, 7) is 1.86. The van der Waals surface area contributed by atoms with Gasteiger partial charge in [0.1, 0.15) is 29.6 Å². The number of amides is 2. The van der Waals surface area contributed by atoms with Gasteiger partial charge in [-0.3, -0.25) is 14.6 Å². The van der Waals surface area contributed by atoms with Crippen LogP contribution in [0.4, 0.5) is 17.3 Å². The van der Waals surface area contributed by atoms with Gasteiger partial charge in [0.25, 0.3) is 0 Å². The number of aliphatic imine (C=N–C) groups is 1. The quantitative estimate of drug-likeness (QED) is 0.657. The maximum Gasteiger partial charge on any atom is 0.238 e. The van der Waals surface area contributed by atoms with E-state index in [1.54, 1.807) is 11.1 Å². The van der Waals surface area contributed by atoms with Crippen molar-refractivity contribution in [1.82, 2.24) is 14.9 Å². The van der Waals surface area contributed by atoms with Crippen LogP contribution < -0.4 is 15.4 Å². The van der Waals surface area contributed by atoms with E-state index >= 15 is 0 Å². The van der Waals surface area contributed by atoms with Crippen LogP contribution in [0.5, 0.6) is 5.75 Å². The molecular formula is C23H28N6O3. The molecule has 2 aromatic rings. The van der Waals surface area contributed by atoms with Crippen molar-refractivity contribution in [2.75, 3.05) is 37.4 Å². The molecule has 9 heteroatoms. The van der Waals surface area contributed by atoms with Crippen LogP contribution in [0.3, 0.4) is 0 Å². The summed E-state index contributed by atoms with van der Waals surface area (Å²) in [7, 11) is 1.84. The lowest BCUT2D eigenvalue weighted by Crippen LogP contribution is -2.28. The first-order chi connectivity index (χ1) is 15.6. The summed E-state index contributed by atoms with van der Waals surface area (Å²) in [4.78, 5) is 39.8. The standard InChI is InChI=1S/C23H28N6O3/c1-29-11-6-10-24-21-20-18(23(31)28-22(20)27-15-26-21)14-25-16-7-5-8-17(13-16)32-12-4-2-3-9-19(29)30/h5,7-8,13-15,18H,2-4,6,9-12H2,1H3,(H2,24,26,27,28,31). The van der Waals surface area contributed by atoms with Gasteiger partial charge in [0.05, 0.1) is 17.9 Å². The maximum atomic E-state index is 12.6. The van der Waals surface area contributed by atoms with Crippen molar-refractivity contribution >= 4 is 35.4 Å². The minimum atomic E-state index is -0.590. The van der Waals surface area contributed by atoms with Gasteiger partial charge in [0.15, 0.2) is 0 Å². The number of fused-ring (bicyclic) bond motifs is 2. The number of hydrogen-bond donors (Lipinski definition) is 2. The molecule has 1 atom stereocenters. The van der Waals surface area contributed by atoms with Crippen LogP contribution in [0.15, 0.2) is 35.6 Å². The van der Waals surface area contributed by atoms with Crippen LogP contribution in [0.1, 0.15) is 43.6 Å². The molecule has 0 aliphatic carbocycles. The second-order valence-corrected chi connectivity index (χ2v) is 7.98. The van der Waals surface area contributed by atoms with Crippen molar-refractivity contribution in [3.05, 3.63) is 36.2 Å². The smallest absolute Gasteiger partial charge is 0.238 e. The van der Waals surface area contributed by atoms with Crippen molar-refractivity contribution in [3.63, 3.8) is 0 Å². The molecule has 2 aliphatic rings. The highest BCUT2D eigenvalue weighted by Gasteiger charge is 2.33. The molecule has 1 unspecified atom stereocenters. The Labute approximate surface area is 187 Å². The first-order valence-corrected chi connectivity index (χ1v) is 11.0. The number of ether oxygens (including phenoxy) is 1. The molecule has 0 spiro atoms. The normalized spacial score (nSPS) is 20.0. The molecule has 168 valence electrons. The van der Waals surface area contributed by atoms with E-state index in [1.165, 1.54) is 6.33 Å². The number of carbonyl (C=O) groups is 2. The average Bonchev–Trinajstić information content (AvgIpc) is 3.12. The van der Waals surface area contributed by atoms with E-state index in [-0.39, 0.29) is 11.8 Å². The number of aromatic nitrogens is 2. The Bertz CT molecular complexity index is 1010. The van der Waals surface area contributed by atoms with Crippen LogP contribution >= 0.6 is 0 Å². The van der Waals surface area contributed by atoms with E-state index in [0.717, 1.165) is 31.4 Å². The first kappa shape index (κ1) is 21.7. The van der Waals surface area contributed by atoms with Gasteiger partial charge in [-0.25, -0.2) is 9.97 Å². The molecule has 0 fully saturated rings. The highest BCUT2D eigenvalue weighted by molar-refractivity contribution is 6.13. The summed E-state index contributed by atoms with van der Waals surface area (Å²) in [5.74, 6) is 1.20. The molecule has 1 aromatic carbocycles. The summed E-state index contributed by atoms with van der Waals surface area (Å²) >= 11 is 0. The molecule has 2 bridgehead atoms. The molecule has 9 nitrogen and oxygen atoms in total. The van der Waals surface area contributed by atoms with Gasteiger partial charge in [0, 0.05) is 38.8 Å². The molecule has 0 saturated carbocycles. The van der Waals surface area contributed by atoms with E-state index in [0.29, 0.717) is 49.0 Å². The fraction of sp³-hybridized carbons (Fsp3) is 0.435. The highest BCUT2D eigenvalue weighted by atomic mass is 16.5. The zero-order chi connectivity index (χ0) is 22.3. The molecule has 2 aliphatic heterocycles. The van der Waals surface area contributed by atoms with Crippen molar-refractivity contribution in [3.8, 4) is 5.75 Å². The SMILES string of the molecule is CN1CCCNc2ncnc3c2C(C=Nc2cccc(c2)OCCCCCC1=O)C(=O)N3. The molecule has 2 amide bonds. The minimum Gasteiger partial charge on any atom is -0.494 e. The van der Waals surface area contributed by atoms with Gasteiger partial charge in [-0.1, -0.05) is 6.07 Å². The summed E-state index contributed by atoms with van der Waals surface area (Å²) in [5.41, 5.74) is 1.39. The lowest BCUT2D eigenvalue weighted by molar-refractivity contribution is -0.130. The Morgan fingerprint density at radius 1 is 1.09 bits per heavy atom. The van der Waals surface area contributed by atoms with Crippen LogP contribution in [0.25, 0.3) is 0 Å². The molecule has 4 rings (SSSR count). The number of hydrogen-bond acceptors (Lipinski definition) is 7.